The molecule has 0 atom stereocenters. The number of hydrogen-bond donors (Lipinski definition) is 1. The standard InChI is InChI=1S/C17H19NO3/c1-18(17(19)20)12-11-14-7-9-16(10-8-14)21-13-15-5-3-2-4-6-15/h2-10H,11-13H2,1H3,(H,19,20). The molecule has 0 bridgehead atoms. The van der Waals surface area contributed by atoms with E-state index in [0.29, 0.717) is 19.6 Å². The number of carbonyl (C=O) groups is 1. The molecule has 4 nitrogen and oxygen atoms in total. The number of nitrogens with zero attached hydrogens (tertiary/aromatic N) is 1. The van der Waals surface area contributed by atoms with Crippen LogP contribution >= 0.6 is 0 Å². The van der Waals surface area contributed by atoms with Crippen LogP contribution in [-0.2, 0) is 13.0 Å². The Kier molecular flexibility index (Phi) is 5.21. The highest BCUT2D eigenvalue weighted by atomic mass is 16.5. The first-order chi connectivity index (χ1) is 10.1. The Morgan fingerprint density at radius 1 is 1.05 bits per heavy atom. The molecule has 0 aliphatic heterocycles. The summed E-state index contributed by atoms with van der Waals surface area (Å²) < 4.78 is 5.71. The third-order valence-corrected chi connectivity index (χ3v) is 3.23. The SMILES string of the molecule is CN(CCc1ccc(OCc2ccccc2)cc1)C(=O)O. The number of amides is 1. The number of benzene rings is 2. The van der Waals surface area contributed by atoms with Gasteiger partial charge in [0.15, 0.2) is 0 Å². The molecule has 1 N–H and O–H groups in total. The van der Waals surface area contributed by atoms with Gasteiger partial charge in [0.25, 0.3) is 0 Å². The molecule has 0 heterocycles. The van der Waals surface area contributed by atoms with Gasteiger partial charge in [-0.1, -0.05) is 42.5 Å². The molecule has 2 aromatic carbocycles. The zero-order chi connectivity index (χ0) is 15.1. The van der Waals surface area contributed by atoms with Gasteiger partial charge in [-0.2, -0.15) is 0 Å². The summed E-state index contributed by atoms with van der Waals surface area (Å²) in [5, 5.41) is 8.79. The number of carboxylic acid groups (broad SMARTS) is 1. The fraction of sp³-hybridized carbons (Fsp3) is 0.235. The van der Waals surface area contributed by atoms with Gasteiger partial charge in [0.1, 0.15) is 12.4 Å². The van der Waals surface area contributed by atoms with E-state index in [9.17, 15) is 4.79 Å². The lowest BCUT2D eigenvalue weighted by Crippen LogP contribution is -2.26. The van der Waals surface area contributed by atoms with Crippen molar-refractivity contribution in [3.8, 4) is 5.75 Å². The second-order valence-corrected chi connectivity index (χ2v) is 4.87. The van der Waals surface area contributed by atoms with Crippen molar-refractivity contribution in [1.82, 2.24) is 4.90 Å². The van der Waals surface area contributed by atoms with Crippen molar-refractivity contribution in [2.45, 2.75) is 13.0 Å². The molecule has 2 rings (SSSR count). The van der Waals surface area contributed by atoms with Crippen LogP contribution in [0.1, 0.15) is 11.1 Å². The van der Waals surface area contributed by atoms with E-state index in [1.807, 2.05) is 54.6 Å². The fourth-order valence-corrected chi connectivity index (χ4v) is 1.89. The van der Waals surface area contributed by atoms with Crippen LogP contribution in [0.2, 0.25) is 0 Å². The van der Waals surface area contributed by atoms with E-state index in [1.165, 1.54) is 4.90 Å². The fourth-order valence-electron chi connectivity index (χ4n) is 1.89. The third-order valence-electron chi connectivity index (χ3n) is 3.23. The van der Waals surface area contributed by atoms with E-state index in [2.05, 4.69) is 0 Å². The van der Waals surface area contributed by atoms with Gasteiger partial charge in [0, 0.05) is 13.6 Å². The first-order valence-corrected chi connectivity index (χ1v) is 6.85. The van der Waals surface area contributed by atoms with Gasteiger partial charge in [-0.15, -0.1) is 0 Å². The van der Waals surface area contributed by atoms with Crippen molar-refractivity contribution in [3.63, 3.8) is 0 Å². The van der Waals surface area contributed by atoms with Gasteiger partial charge in [0.05, 0.1) is 0 Å². The number of hydrogen-bond acceptors (Lipinski definition) is 2. The molecule has 21 heavy (non-hydrogen) atoms. The Bertz CT molecular complexity index is 566. The zero-order valence-electron chi connectivity index (χ0n) is 12.0. The van der Waals surface area contributed by atoms with Gasteiger partial charge in [-0.05, 0) is 29.7 Å². The van der Waals surface area contributed by atoms with E-state index in [-0.39, 0.29) is 0 Å². The van der Waals surface area contributed by atoms with Crippen molar-refractivity contribution in [2.75, 3.05) is 13.6 Å². The lowest BCUT2D eigenvalue weighted by Gasteiger charge is -2.12. The quantitative estimate of drug-likeness (QED) is 0.884. The first-order valence-electron chi connectivity index (χ1n) is 6.85. The molecule has 0 saturated carbocycles. The predicted molar refractivity (Wildman–Crippen MR) is 81.6 cm³/mol. The van der Waals surface area contributed by atoms with Crippen LogP contribution in [0, 0.1) is 0 Å². The first kappa shape index (κ1) is 14.9. The van der Waals surface area contributed by atoms with Gasteiger partial charge >= 0.3 is 6.09 Å². The summed E-state index contributed by atoms with van der Waals surface area (Å²) in [6.45, 7) is 1.03. The normalized spacial score (nSPS) is 10.1. The smallest absolute Gasteiger partial charge is 0.407 e. The van der Waals surface area contributed by atoms with E-state index in [0.717, 1.165) is 16.9 Å². The lowest BCUT2D eigenvalue weighted by molar-refractivity contribution is 0.156. The van der Waals surface area contributed by atoms with Gasteiger partial charge in [0.2, 0.25) is 0 Å². The molecule has 1 amide bonds. The highest BCUT2D eigenvalue weighted by Gasteiger charge is 2.05. The van der Waals surface area contributed by atoms with Crippen LogP contribution in [0.25, 0.3) is 0 Å². The van der Waals surface area contributed by atoms with Gasteiger partial charge in [-0.25, -0.2) is 4.79 Å². The molecule has 110 valence electrons. The van der Waals surface area contributed by atoms with Gasteiger partial charge in [-0.3, -0.25) is 0 Å². The minimum absolute atomic E-state index is 0.486. The monoisotopic (exact) mass is 285 g/mol. The highest BCUT2D eigenvalue weighted by molar-refractivity contribution is 5.64. The zero-order valence-corrected chi connectivity index (χ0v) is 12.0. The number of rotatable bonds is 6. The summed E-state index contributed by atoms with van der Waals surface area (Å²) in [6.07, 6.45) is -0.209. The maximum absolute atomic E-state index is 10.7. The highest BCUT2D eigenvalue weighted by Crippen LogP contribution is 2.14. The Hall–Kier alpha value is -2.49. The van der Waals surface area contributed by atoms with Crippen molar-refractivity contribution < 1.29 is 14.6 Å². The maximum Gasteiger partial charge on any atom is 0.407 e. The molecule has 0 unspecified atom stereocenters. The Morgan fingerprint density at radius 3 is 2.33 bits per heavy atom. The second kappa shape index (κ2) is 7.33. The molecule has 0 radical (unpaired) electrons. The molecule has 0 spiro atoms. The Morgan fingerprint density at radius 2 is 1.71 bits per heavy atom. The third kappa shape index (κ3) is 4.84. The van der Waals surface area contributed by atoms with Crippen molar-refractivity contribution >= 4 is 6.09 Å². The largest absolute Gasteiger partial charge is 0.489 e. The van der Waals surface area contributed by atoms with Gasteiger partial charge < -0.3 is 14.7 Å². The summed E-state index contributed by atoms with van der Waals surface area (Å²) in [7, 11) is 1.57. The summed E-state index contributed by atoms with van der Waals surface area (Å²) >= 11 is 0. The number of likely N-dealkylation sites (N-methyl/N-ethyl adjacent to an activating group) is 1. The summed E-state index contributed by atoms with van der Waals surface area (Å²) in [5.74, 6) is 0.814. The molecule has 2 aromatic rings. The molecule has 0 fully saturated rings. The molecule has 0 saturated heterocycles. The minimum Gasteiger partial charge on any atom is -0.489 e. The Labute approximate surface area is 124 Å². The molecule has 0 aromatic heterocycles. The topological polar surface area (TPSA) is 49.8 Å². The average Bonchev–Trinajstić information content (AvgIpc) is 2.52. The van der Waals surface area contributed by atoms with E-state index < -0.39 is 6.09 Å². The van der Waals surface area contributed by atoms with E-state index >= 15 is 0 Å². The Balaban J connectivity index is 1.83. The van der Waals surface area contributed by atoms with Crippen LogP contribution < -0.4 is 4.74 Å². The molecule has 0 aliphatic rings. The van der Waals surface area contributed by atoms with Crippen molar-refractivity contribution in [1.29, 1.82) is 0 Å². The molecular weight excluding hydrogens is 266 g/mol. The average molecular weight is 285 g/mol. The van der Waals surface area contributed by atoms with Crippen molar-refractivity contribution in [3.05, 3.63) is 65.7 Å². The lowest BCUT2D eigenvalue weighted by atomic mass is 10.1. The summed E-state index contributed by atoms with van der Waals surface area (Å²) in [5.41, 5.74) is 2.22. The van der Waals surface area contributed by atoms with E-state index in [1.54, 1.807) is 7.05 Å². The van der Waals surface area contributed by atoms with Crippen LogP contribution in [0.3, 0.4) is 0 Å². The van der Waals surface area contributed by atoms with Crippen LogP contribution in [-0.4, -0.2) is 29.7 Å². The number of ether oxygens (including phenoxy) is 1. The van der Waals surface area contributed by atoms with Crippen LogP contribution in [0.4, 0.5) is 4.79 Å². The molecule has 0 aliphatic carbocycles. The van der Waals surface area contributed by atoms with Crippen molar-refractivity contribution in [2.24, 2.45) is 0 Å². The summed E-state index contributed by atoms with van der Waals surface area (Å²) in [4.78, 5) is 12.0. The minimum atomic E-state index is -0.905. The summed E-state index contributed by atoms with van der Waals surface area (Å²) in [6, 6.07) is 17.8. The van der Waals surface area contributed by atoms with Crippen LogP contribution in [0.5, 0.6) is 5.75 Å². The second-order valence-electron chi connectivity index (χ2n) is 4.87. The maximum atomic E-state index is 10.7. The molecular formula is C17H19NO3. The van der Waals surface area contributed by atoms with E-state index in [4.69, 9.17) is 9.84 Å². The van der Waals surface area contributed by atoms with Crippen LogP contribution in [0.15, 0.2) is 54.6 Å². The molecule has 4 heteroatoms. The predicted octanol–water partition coefficient (Wildman–Crippen LogP) is 3.42.